The average molecular weight is 217 g/mol. The van der Waals surface area contributed by atoms with Crippen molar-refractivity contribution in [3.63, 3.8) is 0 Å². The highest BCUT2D eigenvalue weighted by atomic mass is 35.5. The maximum atomic E-state index is 12.7. The van der Waals surface area contributed by atoms with E-state index in [1.165, 1.54) is 6.07 Å². The second-order valence-electron chi connectivity index (χ2n) is 2.85. The number of halogens is 2. The van der Waals surface area contributed by atoms with Crippen LogP contribution in [0.2, 0.25) is 5.02 Å². The molecule has 0 unspecified atom stereocenters. The minimum absolute atomic E-state index is 0.226. The Hall–Kier alpha value is -0.560. The Morgan fingerprint density at radius 1 is 1.29 bits per heavy atom. The maximum Gasteiger partial charge on any atom is 0.141 e. The van der Waals surface area contributed by atoms with Crippen molar-refractivity contribution < 1.29 is 4.39 Å². The van der Waals surface area contributed by atoms with Crippen LogP contribution in [0.3, 0.4) is 0 Å². The second-order valence-corrected chi connectivity index (χ2v) is 3.26. The Bertz CT molecular complexity index is 258. The molecule has 0 aliphatic rings. The fourth-order valence-corrected chi connectivity index (χ4v) is 1.28. The third-order valence-electron chi connectivity index (χ3n) is 1.80. The van der Waals surface area contributed by atoms with Gasteiger partial charge in [-0.25, -0.2) is 4.39 Å². The molecule has 0 heterocycles. The molecular weight excluding hydrogens is 199 g/mol. The van der Waals surface area contributed by atoms with Gasteiger partial charge >= 0.3 is 0 Å². The highest BCUT2D eigenvalue weighted by Crippen LogP contribution is 2.17. The van der Waals surface area contributed by atoms with E-state index in [2.05, 4.69) is 6.92 Å². The molecule has 0 fully saturated rings. The molecule has 0 saturated heterocycles. The molecule has 14 heavy (non-hydrogen) atoms. The first kappa shape index (κ1) is 13.4. The Kier molecular flexibility index (Phi) is 7.50. The fraction of sp³-hybridized carbons (Fsp3) is 0.500. The van der Waals surface area contributed by atoms with E-state index in [4.69, 9.17) is 11.6 Å². The summed E-state index contributed by atoms with van der Waals surface area (Å²) < 4.78 is 12.7. The zero-order valence-electron chi connectivity index (χ0n) is 9.11. The van der Waals surface area contributed by atoms with Crippen LogP contribution in [0.25, 0.3) is 0 Å². The Labute approximate surface area is 91.1 Å². The van der Waals surface area contributed by atoms with Crippen molar-refractivity contribution in [2.24, 2.45) is 0 Å². The van der Waals surface area contributed by atoms with E-state index < -0.39 is 0 Å². The van der Waals surface area contributed by atoms with Gasteiger partial charge in [0.05, 0.1) is 5.02 Å². The van der Waals surface area contributed by atoms with Gasteiger partial charge in [-0.2, -0.15) is 0 Å². The molecule has 0 N–H and O–H groups in total. The highest BCUT2D eigenvalue weighted by molar-refractivity contribution is 6.30. The van der Waals surface area contributed by atoms with Gasteiger partial charge < -0.3 is 0 Å². The van der Waals surface area contributed by atoms with Crippen LogP contribution in [-0.2, 0) is 6.42 Å². The van der Waals surface area contributed by atoms with Crippen LogP contribution in [0, 0.1) is 5.82 Å². The Morgan fingerprint density at radius 2 is 1.93 bits per heavy atom. The van der Waals surface area contributed by atoms with Crippen LogP contribution >= 0.6 is 11.6 Å². The van der Waals surface area contributed by atoms with Gasteiger partial charge in [0.2, 0.25) is 0 Å². The van der Waals surface area contributed by atoms with Crippen LogP contribution in [0.1, 0.15) is 39.2 Å². The van der Waals surface area contributed by atoms with E-state index in [0.717, 1.165) is 24.8 Å². The van der Waals surface area contributed by atoms with Gasteiger partial charge in [0.15, 0.2) is 0 Å². The minimum Gasteiger partial charge on any atom is -0.205 e. The zero-order chi connectivity index (χ0) is 11.0. The molecule has 0 bridgehead atoms. The summed E-state index contributed by atoms with van der Waals surface area (Å²) in [5.74, 6) is -0.336. The monoisotopic (exact) mass is 216 g/mol. The smallest absolute Gasteiger partial charge is 0.141 e. The molecule has 0 saturated carbocycles. The molecule has 0 spiro atoms. The van der Waals surface area contributed by atoms with Gasteiger partial charge in [-0.05, 0) is 30.5 Å². The molecule has 1 rings (SSSR count). The van der Waals surface area contributed by atoms with E-state index in [-0.39, 0.29) is 10.8 Å². The largest absolute Gasteiger partial charge is 0.205 e. The van der Waals surface area contributed by atoms with Crippen molar-refractivity contribution in [3.05, 3.63) is 34.6 Å². The van der Waals surface area contributed by atoms with Gasteiger partial charge in [0.25, 0.3) is 0 Å². The lowest BCUT2D eigenvalue weighted by Crippen LogP contribution is -1.85. The van der Waals surface area contributed by atoms with Crippen LogP contribution in [0.5, 0.6) is 0 Å². The van der Waals surface area contributed by atoms with Crippen molar-refractivity contribution in [1.29, 1.82) is 0 Å². The summed E-state index contributed by atoms with van der Waals surface area (Å²) in [6.07, 6.45) is 3.26. The number of hydrogen-bond acceptors (Lipinski definition) is 0. The van der Waals surface area contributed by atoms with Crippen molar-refractivity contribution >= 4 is 11.6 Å². The van der Waals surface area contributed by atoms with Gasteiger partial charge in [-0.15, -0.1) is 0 Å². The first-order valence-corrected chi connectivity index (χ1v) is 5.55. The van der Waals surface area contributed by atoms with Crippen molar-refractivity contribution in [2.45, 2.75) is 40.0 Å². The molecule has 0 aliphatic carbocycles. The standard InChI is InChI=1S/C10H12ClF.C2H6/c1-2-3-4-8-5-6-10(12)9(11)7-8;1-2/h5-7H,2-4H2,1H3;1-2H3. The lowest BCUT2D eigenvalue weighted by atomic mass is 10.1. The van der Waals surface area contributed by atoms with E-state index in [1.54, 1.807) is 12.1 Å². The molecule has 2 heteroatoms. The van der Waals surface area contributed by atoms with Gasteiger partial charge in [-0.3, -0.25) is 0 Å². The van der Waals surface area contributed by atoms with Gasteiger partial charge in [0, 0.05) is 0 Å². The zero-order valence-corrected chi connectivity index (χ0v) is 9.87. The molecule has 1 aromatic carbocycles. The molecule has 0 amide bonds. The van der Waals surface area contributed by atoms with Crippen molar-refractivity contribution in [2.75, 3.05) is 0 Å². The minimum atomic E-state index is -0.336. The predicted molar refractivity (Wildman–Crippen MR) is 61.4 cm³/mol. The van der Waals surface area contributed by atoms with Gasteiger partial charge in [0.1, 0.15) is 5.82 Å². The predicted octanol–water partition coefficient (Wildman–Crippen LogP) is 4.85. The van der Waals surface area contributed by atoms with Crippen molar-refractivity contribution in [3.8, 4) is 0 Å². The summed E-state index contributed by atoms with van der Waals surface area (Å²) in [4.78, 5) is 0. The third kappa shape index (κ3) is 4.61. The lowest BCUT2D eigenvalue weighted by Gasteiger charge is -2.00. The topological polar surface area (TPSA) is 0 Å². The van der Waals surface area contributed by atoms with Crippen LogP contribution in [-0.4, -0.2) is 0 Å². The number of benzene rings is 1. The normalized spacial score (nSPS) is 9.21. The number of rotatable bonds is 3. The summed E-state index contributed by atoms with van der Waals surface area (Å²) in [5, 5.41) is 0.226. The molecular formula is C12H18ClF. The molecule has 80 valence electrons. The SMILES string of the molecule is CC.CCCCc1ccc(F)c(Cl)c1. The molecule has 0 aliphatic heterocycles. The third-order valence-corrected chi connectivity index (χ3v) is 2.09. The van der Waals surface area contributed by atoms with Crippen LogP contribution < -0.4 is 0 Å². The first-order chi connectivity index (χ1) is 6.74. The lowest BCUT2D eigenvalue weighted by molar-refractivity contribution is 0.627. The number of unbranched alkanes of at least 4 members (excludes halogenated alkanes) is 1. The summed E-state index contributed by atoms with van der Waals surface area (Å²) in [7, 11) is 0. The first-order valence-electron chi connectivity index (χ1n) is 5.18. The fourth-order valence-electron chi connectivity index (χ4n) is 1.08. The Morgan fingerprint density at radius 3 is 2.43 bits per heavy atom. The van der Waals surface area contributed by atoms with E-state index in [0.29, 0.717) is 0 Å². The molecule has 0 radical (unpaired) electrons. The molecule has 0 nitrogen and oxygen atoms in total. The van der Waals surface area contributed by atoms with E-state index in [9.17, 15) is 4.39 Å². The quantitative estimate of drug-likeness (QED) is 0.678. The average Bonchev–Trinajstić information content (AvgIpc) is 2.23. The highest BCUT2D eigenvalue weighted by Gasteiger charge is 1.99. The maximum absolute atomic E-state index is 12.7. The van der Waals surface area contributed by atoms with Gasteiger partial charge in [-0.1, -0.05) is 44.9 Å². The van der Waals surface area contributed by atoms with Crippen molar-refractivity contribution in [1.82, 2.24) is 0 Å². The second kappa shape index (κ2) is 7.81. The summed E-state index contributed by atoms with van der Waals surface area (Å²) in [6, 6.07) is 4.91. The van der Waals surface area contributed by atoms with E-state index >= 15 is 0 Å². The summed E-state index contributed by atoms with van der Waals surface area (Å²) >= 11 is 5.62. The number of aryl methyl sites for hydroxylation is 1. The molecule has 0 aromatic heterocycles. The molecule has 1 aromatic rings. The number of hydrogen-bond donors (Lipinski definition) is 0. The Balaban J connectivity index is 0.000000791. The molecule has 0 atom stereocenters. The van der Waals surface area contributed by atoms with E-state index in [1.807, 2.05) is 13.8 Å². The van der Waals surface area contributed by atoms with Crippen LogP contribution in [0.15, 0.2) is 18.2 Å². The summed E-state index contributed by atoms with van der Waals surface area (Å²) in [5.41, 5.74) is 1.11. The van der Waals surface area contributed by atoms with Crippen LogP contribution in [0.4, 0.5) is 4.39 Å². The summed E-state index contributed by atoms with van der Waals surface area (Å²) in [6.45, 7) is 6.13.